The molecule has 1 N–H and O–H groups in total. The third kappa shape index (κ3) is 2.06. The molecule has 17 heavy (non-hydrogen) atoms. The van der Waals surface area contributed by atoms with Gasteiger partial charge in [0.25, 0.3) is 0 Å². The maximum Gasteiger partial charge on any atom is 0.201 e. The van der Waals surface area contributed by atoms with Crippen molar-refractivity contribution in [3.8, 4) is 5.75 Å². The molecule has 5 heteroatoms. The summed E-state index contributed by atoms with van der Waals surface area (Å²) in [7, 11) is 0. The van der Waals surface area contributed by atoms with Gasteiger partial charge in [0, 0.05) is 28.5 Å². The van der Waals surface area contributed by atoms with E-state index in [1.54, 1.807) is 0 Å². The van der Waals surface area contributed by atoms with Crippen LogP contribution in [0, 0.1) is 11.6 Å². The van der Waals surface area contributed by atoms with Gasteiger partial charge in [-0.15, -0.1) is 0 Å². The second-order valence-electron chi connectivity index (χ2n) is 4.53. The van der Waals surface area contributed by atoms with E-state index in [0.717, 1.165) is 19.3 Å². The van der Waals surface area contributed by atoms with Crippen molar-refractivity contribution in [2.45, 2.75) is 31.3 Å². The van der Waals surface area contributed by atoms with Crippen LogP contribution in [0.1, 0.15) is 30.9 Å². The molecule has 1 aromatic carbocycles. The summed E-state index contributed by atoms with van der Waals surface area (Å²) in [4.78, 5) is 0. The lowest BCUT2D eigenvalue weighted by atomic mass is 10.00. The minimum absolute atomic E-state index is 0.0516. The molecule has 1 fully saturated rings. The van der Waals surface area contributed by atoms with Crippen molar-refractivity contribution in [3.63, 3.8) is 0 Å². The number of halogens is 3. The summed E-state index contributed by atoms with van der Waals surface area (Å²) >= 11 is 3.29. The number of nitrogens with one attached hydrogen (secondary N) is 1. The average Bonchev–Trinajstić information content (AvgIpc) is 3.10. The third-order valence-electron chi connectivity index (χ3n) is 3.18. The molecule has 0 amide bonds. The highest BCUT2D eigenvalue weighted by Gasteiger charge is 2.32. The van der Waals surface area contributed by atoms with Gasteiger partial charge < -0.3 is 10.1 Å². The van der Waals surface area contributed by atoms with Gasteiger partial charge in [-0.1, -0.05) is 15.9 Å². The van der Waals surface area contributed by atoms with Crippen molar-refractivity contribution in [3.05, 3.63) is 27.7 Å². The molecule has 0 spiro atoms. The fourth-order valence-electron chi connectivity index (χ4n) is 2.18. The molecule has 1 aliphatic carbocycles. The van der Waals surface area contributed by atoms with Crippen LogP contribution in [0.4, 0.5) is 8.78 Å². The summed E-state index contributed by atoms with van der Waals surface area (Å²) in [6.07, 6.45) is 3.11. The summed E-state index contributed by atoms with van der Waals surface area (Å²) in [6.45, 7) is 0.421. The van der Waals surface area contributed by atoms with Crippen LogP contribution < -0.4 is 10.1 Å². The van der Waals surface area contributed by atoms with E-state index in [2.05, 4.69) is 21.2 Å². The van der Waals surface area contributed by atoms with Gasteiger partial charge in [0.05, 0.1) is 6.61 Å². The van der Waals surface area contributed by atoms with E-state index in [0.29, 0.717) is 22.7 Å². The fraction of sp³-hybridized carbons (Fsp3) is 0.500. The molecule has 0 aromatic heterocycles. The molecular weight excluding hydrogens is 292 g/mol. The standard InChI is InChI=1S/C12H12BrF2NO/c13-7-5-8(14)11(15)12-10(7)9(3-4-17-12)16-6-1-2-6/h5-6,9,16H,1-4H2. The van der Waals surface area contributed by atoms with Crippen LogP contribution in [0.25, 0.3) is 0 Å². The van der Waals surface area contributed by atoms with E-state index in [9.17, 15) is 8.78 Å². The second-order valence-corrected chi connectivity index (χ2v) is 5.38. The van der Waals surface area contributed by atoms with Crippen LogP contribution in [0.5, 0.6) is 5.75 Å². The molecule has 0 bridgehead atoms. The topological polar surface area (TPSA) is 21.3 Å². The predicted octanol–water partition coefficient (Wildman–Crippen LogP) is 3.30. The maximum atomic E-state index is 13.6. The van der Waals surface area contributed by atoms with Crippen molar-refractivity contribution in [2.24, 2.45) is 0 Å². The highest BCUT2D eigenvalue weighted by molar-refractivity contribution is 9.10. The van der Waals surface area contributed by atoms with Crippen molar-refractivity contribution in [1.29, 1.82) is 0 Å². The first-order valence-electron chi connectivity index (χ1n) is 5.73. The summed E-state index contributed by atoms with van der Waals surface area (Å²) in [6, 6.07) is 1.74. The highest BCUT2D eigenvalue weighted by atomic mass is 79.9. The summed E-state index contributed by atoms with van der Waals surface area (Å²) in [5.41, 5.74) is 0.710. The van der Waals surface area contributed by atoms with E-state index >= 15 is 0 Å². The maximum absolute atomic E-state index is 13.6. The fourth-order valence-corrected chi connectivity index (χ4v) is 2.84. The molecule has 3 rings (SSSR count). The Morgan fingerprint density at radius 2 is 2.06 bits per heavy atom. The second kappa shape index (κ2) is 4.21. The third-order valence-corrected chi connectivity index (χ3v) is 3.84. The minimum atomic E-state index is -0.884. The Hall–Kier alpha value is -0.680. The molecule has 1 unspecified atom stereocenters. The molecule has 0 saturated heterocycles. The predicted molar refractivity (Wildman–Crippen MR) is 63.1 cm³/mol. The Kier molecular flexibility index (Phi) is 2.83. The van der Waals surface area contributed by atoms with Gasteiger partial charge in [0.15, 0.2) is 11.6 Å². The van der Waals surface area contributed by atoms with E-state index in [1.807, 2.05) is 0 Å². The van der Waals surface area contributed by atoms with E-state index < -0.39 is 11.6 Å². The Morgan fingerprint density at radius 1 is 1.29 bits per heavy atom. The van der Waals surface area contributed by atoms with Gasteiger partial charge >= 0.3 is 0 Å². The summed E-state index contributed by atoms with van der Waals surface area (Å²) in [5.74, 6) is -1.70. The lowest BCUT2D eigenvalue weighted by molar-refractivity contribution is 0.235. The van der Waals surface area contributed by atoms with E-state index in [-0.39, 0.29) is 11.8 Å². The number of hydrogen-bond donors (Lipinski definition) is 1. The number of ether oxygens (including phenoxy) is 1. The van der Waals surface area contributed by atoms with Crippen LogP contribution >= 0.6 is 15.9 Å². The smallest absolute Gasteiger partial charge is 0.201 e. The van der Waals surface area contributed by atoms with Gasteiger partial charge in [0.1, 0.15) is 0 Å². The van der Waals surface area contributed by atoms with Crippen LogP contribution in [-0.2, 0) is 0 Å². The monoisotopic (exact) mass is 303 g/mol. The Morgan fingerprint density at radius 3 is 2.76 bits per heavy atom. The largest absolute Gasteiger partial charge is 0.490 e. The molecule has 0 radical (unpaired) electrons. The van der Waals surface area contributed by atoms with Crippen LogP contribution in [0.15, 0.2) is 10.5 Å². The lowest BCUT2D eigenvalue weighted by Gasteiger charge is -2.28. The number of hydrogen-bond acceptors (Lipinski definition) is 2. The molecule has 1 aromatic rings. The molecule has 2 nitrogen and oxygen atoms in total. The molecule has 1 atom stereocenters. The molecule has 1 saturated carbocycles. The number of benzene rings is 1. The molecule has 2 aliphatic rings. The highest BCUT2D eigenvalue weighted by Crippen LogP contribution is 2.41. The first kappa shape index (κ1) is 11.4. The normalized spacial score (nSPS) is 23.1. The van der Waals surface area contributed by atoms with Gasteiger partial charge in [-0.25, -0.2) is 4.39 Å². The Labute approximate surface area is 106 Å². The van der Waals surface area contributed by atoms with Crippen molar-refractivity contribution >= 4 is 15.9 Å². The van der Waals surface area contributed by atoms with Gasteiger partial charge in [-0.05, 0) is 18.9 Å². The minimum Gasteiger partial charge on any atom is -0.490 e. The van der Waals surface area contributed by atoms with Gasteiger partial charge in [-0.3, -0.25) is 0 Å². The molecule has 1 heterocycles. The van der Waals surface area contributed by atoms with E-state index in [4.69, 9.17) is 4.74 Å². The van der Waals surface area contributed by atoms with Gasteiger partial charge in [0.2, 0.25) is 5.82 Å². The molecule has 1 aliphatic heterocycles. The SMILES string of the molecule is Fc1cc(Br)c2c(c1F)OCCC2NC1CC1. The zero-order valence-corrected chi connectivity index (χ0v) is 10.7. The lowest BCUT2D eigenvalue weighted by Crippen LogP contribution is -2.29. The zero-order chi connectivity index (χ0) is 12.0. The Bertz CT molecular complexity index is 462. The van der Waals surface area contributed by atoms with Crippen LogP contribution in [0.2, 0.25) is 0 Å². The van der Waals surface area contributed by atoms with Crippen LogP contribution in [0.3, 0.4) is 0 Å². The Balaban J connectivity index is 2.02. The van der Waals surface area contributed by atoms with Crippen molar-refractivity contribution in [2.75, 3.05) is 6.61 Å². The summed E-state index contributed by atoms with van der Waals surface area (Å²) < 4.78 is 32.7. The quantitative estimate of drug-likeness (QED) is 0.847. The molecule has 92 valence electrons. The zero-order valence-electron chi connectivity index (χ0n) is 9.10. The van der Waals surface area contributed by atoms with Crippen molar-refractivity contribution in [1.82, 2.24) is 5.32 Å². The summed E-state index contributed by atoms with van der Waals surface area (Å²) in [5, 5.41) is 3.44. The average molecular weight is 304 g/mol. The van der Waals surface area contributed by atoms with Crippen LogP contribution in [-0.4, -0.2) is 12.6 Å². The first-order chi connectivity index (χ1) is 8.16. The number of rotatable bonds is 2. The van der Waals surface area contributed by atoms with Gasteiger partial charge in [-0.2, -0.15) is 4.39 Å². The molecular formula is C12H12BrF2NO. The van der Waals surface area contributed by atoms with Crippen molar-refractivity contribution < 1.29 is 13.5 Å². The van der Waals surface area contributed by atoms with E-state index in [1.165, 1.54) is 6.07 Å². The number of fused-ring (bicyclic) bond motifs is 1. The first-order valence-corrected chi connectivity index (χ1v) is 6.52.